The zero-order valence-corrected chi connectivity index (χ0v) is 16.4. The van der Waals surface area contributed by atoms with Gasteiger partial charge in [0.1, 0.15) is 0 Å². The van der Waals surface area contributed by atoms with Gasteiger partial charge >= 0.3 is 5.97 Å². The number of hydrogen-bond acceptors (Lipinski definition) is 6. The first kappa shape index (κ1) is 19.7. The van der Waals surface area contributed by atoms with E-state index in [1.807, 2.05) is 0 Å². The third-order valence-corrected chi connectivity index (χ3v) is 5.33. The minimum atomic E-state index is -0.693. The van der Waals surface area contributed by atoms with Gasteiger partial charge in [-0.15, -0.1) is 0 Å². The molecule has 3 aromatic rings. The smallest absolute Gasteiger partial charge is 0.338 e. The third-order valence-electron chi connectivity index (χ3n) is 3.91. The lowest BCUT2D eigenvalue weighted by atomic mass is 10.2. The summed E-state index contributed by atoms with van der Waals surface area (Å²) < 4.78 is 7.42. The minimum Gasteiger partial charge on any atom is -0.462 e. The number of nitro benzene ring substituents is 1. The second-order valence-electron chi connectivity index (χ2n) is 5.68. The summed E-state index contributed by atoms with van der Waals surface area (Å²) in [6, 6.07) is 8.65. The van der Waals surface area contributed by atoms with Crippen molar-refractivity contribution in [2.45, 2.75) is 6.92 Å². The van der Waals surface area contributed by atoms with Crippen LogP contribution in [0.3, 0.4) is 0 Å². The maximum atomic E-state index is 12.5. The summed E-state index contributed by atoms with van der Waals surface area (Å²) in [5, 5.41) is 11.0. The summed E-state index contributed by atoms with van der Waals surface area (Å²) in [7, 11) is 1.73. The van der Waals surface area contributed by atoms with E-state index >= 15 is 0 Å². The average Bonchev–Trinajstić information content (AvgIpc) is 2.97. The Hall–Kier alpha value is -3.04. The van der Waals surface area contributed by atoms with Gasteiger partial charge in [0.2, 0.25) is 0 Å². The molecule has 0 aliphatic rings. The zero-order chi connectivity index (χ0) is 20.4. The van der Waals surface area contributed by atoms with Gasteiger partial charge in [-0.1, -0.05) is 22.9 Å². The number of thiazole rings is 1. The molecule has 10 heteroatoms. The predicted molar refractivity (Wildman–Crippen MR) is 105 cm³/mol. The first-order valence-electron chi connectivity index (χ1n) is 8.11. The number of carbonyl (C=O) groups excluding carboxylic acids is 2. The Kier molecular flexibility index (Phi) is 5.57. The number of esters is 1. The van der Waals surface area contributed by atoms with Crippen molar-refractivity contribution in [3.05, 3.63) is 67.5 Å². The molecule has 8 nitrogen and oxygen atoms in total. The van der Waals surface area contributed by atoms with Crippen LogP contribution in [-0.2, 0) is 11.8 Å². The Balaban J connectivity index is 2.06. The van der Waals surface area contributed by atoms with E-state index in [9.17, 15) is 19.7 Å². The van der Waals surface area contributed by atoms with Gasteiger partial charge in [0.05, 0.1) is 37.9 Å². The van der Waals surface area contributed by atoms with Crippen LogP contribution in [0.2, 0.25) is 5.02 Å². The van der Waals surface area contributed by atoms with Gasteiger partial charge in [-0.2, -0.15) is 4.99 Å². The molecule has 0 atom stereocenters. The number of nitro groups is 1. The van der Waals surface area contributed by atoms with E-state index in [-0.39, 0.29) is 22.9 Å². The monoisotopic (exact) mass is 419 g/mol. The second kappa shape index (κ2) is 7.91. The molecule has 0 radical (unpaired) electrons. The van der Waals surface area contributed by atoms with E-state index in [0.717, 1.165) is 16.3 Å². The lowest BCUT2D eigenvalue weighted by molar-refractivity contribution is -0.384. The SMILES string of the molecule is CCOC(=O)c1ccc2c(c1)sc(=NC(=O)c1cc([N+](=O)[O-])ccc1Cl)n2C. The van der Waals surface area contributed by atoms with Crippen molar-refractivity contribution in [1.29, 1.82) is 0 Å². The van der Waals surface area contributed by atoms with Gasteiger partial charge < -0.3 is 9.30 Å². The molecular weight excluding hydrogens is 406 g/mol. The summed E-state index contributed by atoms with van der Waals surface area (Å²) >= 11 is 7.21. The molecule has 0 fully saturated rings. The van der Waals surface area contributed by atoms with Gasteiger partial charge in [0, 0.05) is 19.2 Å². The van der Waals surface area contributed by atoms with Crippen molar-refractivity contribution >= 4 is 50.7 Å². The molecule has 0 aliphatic carbocycles. The summed E-state index contributed by atoms with van der Waals surface area (Å²) in [5.41, 5.74) is 0.869. The largest absolute Gasteiger partial charge is 0.462 e. The molecule has 0 saturated carbocycles. The maximum absolute atomic E-state index is 12.5. The molecule has 3 rings (SSSR count). The standard InChI is InChI=1S/C18H14ClN3O5S/c1-3-27-17(24)10-4-7-14-15(8-10)28-18(21(14)2)20-16(23)12-9-11(22(25)26)5-6-13(12)19/h4-9H,3H2,1-2H3. The third kappa shape index (κ3) is 3.80. The van der Waals surface area contributed by atoms with Gasteiger partial charge in [-0.3, -0.25) is 14.9 Å². The van der Waals surface area contributed by atoms with Crippen molar-refractivity contribution < 1.29 is 19.2 Å². The number of fused-ring (bicyclic) bond motifs is 1. The number of halogens is 1. The Morgan fingerprint density at radius 1 is 1.29 bits per heavy atom. The second-order valence-corrected chi connectivity index (χ2v) is 7.10. The maximum Gasteiger partial charge on any atom is 0.338 e. The number of benzene rings is 2. The van der Waals surface area contributed by atoms with Gasteiger partial charge in [-0.25, -0.2) is 4.79 Å². The lowest BCUT2D eigenvalue weighted by Gasteiger charge is -2.01. The van der Waals surface area contributed by atoms with Crippen LogP contribution in [0.5, 0.6) is 0 Å². The van der Waals surface area contributed by atoms with Crippen molar-refractivity contribution in [2.75, 3.05) is 6.61 Å². The van der Waals surface area contributed by atoms with Crippen molar-refractivity contribution in [3.8, 4) is 0 Å². The highest BCUT2D eigenvalue weighted by Gasteiger charge is 2.16. The molecule has 0 unspecified atom stereocenters. The molecule has 0 bridgehead atoms. The zero-order valence-electron chi connectivity index (χ0n) is 14.8. The number of amides is 1. The number of carbonyl (C=O) groups is 2. The molecule has 28 heavy (non-hydrogen) atoms. The van der Waals surface area contributed by atoms with Crippen LogP contribution in [-0.4, -0.2) is 28.0 Å². The number of ether oxygens (including phenoxy) is 1. The molecule has 1 heterocycles. The highest BCUT2D eigenvalue weighted by atomic mass is 35.5. The topological polar surface area (TPSA) is 104 Å². The predicted octanol–water partition coefficient (Wildman–Crippen LogP) is 3.72. The summed E-state index contributed by atoms with van der Waals surface area (Å²) in [6.07, 6.45) is 0. The summed E-state index contributed by atoms with van der Waals surface area (Å²) in [6.45, 7) is 2.00. The molecule has 0 saturated heterocycles. The van der Waals surface area contributed by atoms with E-state index < -0.39 is 16.8 Å². The highest BCUT2D eigenvalue weighted by Crippen LogP contribution is 2.23. The van der Waals surface area contributed by atoms with Crippen LogP contribution in [0.4, 0.5) is 5.69 Å². The number of non-ortho nitro benzene ring substituents is 1. The highest BCUT2D eigenvalue weighted by molar-refractivity contribution is 7.16. The average molecular weight is 420 g/mol. The summed E-state index contributed by atoms with van der Waals surface area (Å²) in [5.74, 6) is -1.13. The number of hydrogen-bond donors (Lipinski definition) is 0. The van der Waals surface area contributed by atoms with E-state index in [0.29, 0.717) is 10.4 Å². The Labute approximate surface area is 167 Å². The van der Waals surface area contributed by atoms with Crippen molar-refractivity contribution in [3.63, 3.8) is 0 Å². The van der Waals surface area contributed by atoms with E-state index in [1.165, 1.54) is 23.5 Å². The van der Waals surface area contributed by atoms with E-state index in [2.05, 4.69) is 4.99 Å². The van der Waals surface area contributed by atoms with Crippen LogP contribution in [0, 0.1) is 10.1 Å². The quantitative estimate of drug-likeness (QED) is 0.364. The van der Waals surface area contributed by atoms with Crippen LogP contribution in [0.25, 0.3) is 10.2 Å². The molecular formula is C18H14ClN3O5S. The van der Waals surface area contributed by atoms with Gasteiger partial charge in [-0.05, 0) is 31.2 Å². The lowest BCUT2D eigenvalue weighted by Crippen LogP contribution is -2.13. The molecule has 0 aliphatic heterocycles. The van der Waals surface area contributed by atoms with E-state index in [1.54, 1.807) is 36.7 Å². The fourth-order valence-corrected chi connectivity index (χ4v) is 3.77. The molecule has 0 N–H and O–H groups in total. The molecule has 0 spiro atoms. The molecule has 2 aromatic carbocycles. The normalized spacial score (nSPS) is 11.6. The van der Waals surface area contributed by atoms with Crippen molar-refractivity contribution in [1.82, 2.24) is 4.57 Å². The number of aryl methyl sites for hydroxylation is 1. The van der Waals surface area contributed by atoms with E-state index in [4.69, 9.17) is 16.3 Å². The number of rotatable bonds is 4. The Morgan fingerprint density at radius 2 is 2.04 bits per heavy atom. The minimum absolute atomic E-state index is 0.0551. The molecule has 1 aromatic heterocycles. The van der Waals surface area contributed by atoms with Crippen LogP contribution in [0.15, 0.2) is 41.4 Å². The first-order valence-corrected chi connectivity index (χ1v) is 9.31. The number of nitrogens with zero attached hydrogens (tertiary/aromatic N) is 3. The summed E-state index contributed by atoms with van der Waals surface area (Å²) in [4.78, 5) is 39.2. The fourth-order valence-electron chi connectivity index (χ4n) is 2.52. The van der Waals surface area contributed by atoms with Gasteiger partial charge in [0.15, 0.2) is 4.80 Å². The molecule has 144 valence electrons. The first-order chi connectivity index (χ1) is 13.3. The van der Waals surface area contributed by atoms with Crippen LogP contribution < -0.4 is 4.80 Å². The Morgan fingerprint density at radius 3 is 2.71 bits per heavy atom. The number of aromatic nitrogens is 1. The van der Waals surface area contributed by atoms with Crippen molar-refractivity contribution in [2.24, 2.45) is 12.0 Å². The van der Waals surface area contributed by atoms with Crippen LogP contribution >= 0.6 is 22.9 Å². The fraction of sp³-hybridized carbons (Fsp3) is 0.167. The van der Waals surface area contributed by atoms with Crippen LogP contribution in [0.1, 0.15) is 27.6 Å². The Bertz CT molecular complexity index is 1180. The van der Waals surface area contributed by atoms with Gasteiger partial charge in [0.25, 0.3) is 11.6 Å². The molecule has 1 amide bonds.